The third-order valence-corrected chi connectivity index (χ3v) is 3.69. The molecule has 1 rings (SSSR count). The summed E-state index contributed by atoms with van der Waals surface area (Å²) in [6.45, 7) is 5.69. The lowest BCUT2D eigenvalue weighted by atomic mass is 10.1. The lowest BCUT2D eigenvalue weighted by Crippen LogP contribution is -2.27. The Balaban J connectivity index is 2.80. The normalized spacial score (nSPS) is 12.6. The van der Waals surface area contributed by atoms with Gasteiger partial charge in [-0.2, -0.15) is 0 Å². The highest BCUT2D eigenvalue weighted by molar-refractivity contribution is 9.10. The number of anilines is 1. The average molecular weight is 288 g/mol. The Hall–Kier alpha value is -0.900. The van der Waals surface area contributed by atoms with E-state index in [9.17, 15) is 9.18 Å². The Bertz CT molecular complexity index is 393. The van der Waals surface area contributed by atoms with Gasteiger partial charge in [0.15, 0.2) is 0 Å². The molecule has 0 aromatic heterocycles. The Morgan fingerprint density at radius 2 is 2.06 bits per heavy atom. The Morgan fingerprint density at radius 1 is 1.44 bits per heavy atom. The lowest BCUT2D eigenvalue weighted by molar-refractivity contribution is -0.116. The summed E-state index contributed by atoms with van der Waals surface area (Å²) in [5.41, 5.74) is 1.14. The van der Waals surface area contributed by atoms with Gasteiger partial charge in [0.25, 0.3) is 0 Å². The van der Waals surface area contributed by atoms with Gasteiger partial charge in [0.1, 0.15) is 5.82 Å². The molecule has 16 heavy (non-hydrogen) atoms. The van der Waals surface area contributed by atoms with Gasteiger partial charge in [-0.25, -0.2) is 4.39 Å². The number of rotatable bonds is 3. The molecular weight excluding hydrogens is 273 g/mol. The van der Waals surface area contributed by atoms with Crippen LogP contribution in [-0.2, 0) is 4.79 Å². The number of alkyl halides is 1. The molecule has 88 valence electrons. The molecule has 1 unspecified atom stereocenters. The van der Waals surface area contributed by atoms with Crippen LogP contribution in [0, 0.1) is 18.7 Å². The van der Waals surface area contributed by atoms with Crippen LogP contribution in [-0.4, -0.2) is 10.7 Å². The molecule has 0 aliphatic heterocycles. The van der Waals surface area contributed by atoms with E-state index in [1.807, 2.05) is 20.8 Å². The van der Waals surface area contributed by atoms with Crippen LogP contribution in [0.1, 0.15) is 19.4 Å². The molecule has 0 saturated carbocycles. The number of carbonyl (C=O) groups is 1. The second-order valence-electron chi connectivity index (χ2n) is 4.12. The van der Waals surface area contributed by atoms with Gasteiger partial charge in [-0.1, -0.05) is 35.8 Å². The highest BCUT2D eigenvalue weighted by atomic mass is 79.9. The van der Waals surface area contributed by atoms with E-state index in [1.165, 1.54) is 6.07 Å². The van der Waals surface area contributed by atoms with Crippen LogP contribution in [0.15, 0.2) is 18.2 Å². The average Bonchev–Trinajstić information content (AvgIpc) is 2.22. The molecule has 1 aromatic rings. The zero-order chi connectivity index (χ0) is 12.3. The summed E-state index contributed by atoms with van der Waals surface area (Å²) in [5, 5.41) is 2.57. The second kappa shape index (κ2) is 5.43. The summed E-state index contributed by atoms with van der Waals surface area (Å²) in [6, 6.07) is 4.63. The molecule has 0 saturated heterocycles. The topological polar surface area (TPSA) is 29.1 Å². The second-order valence-corrected chi connectivity index (χ2v) is 5.10. The predicted octanol–water partition coefficient (Wildman–Crippen LogP) is 3.49. The number of carbonyl (C=O) groups excluding carboxylic acids is 1. The van der Waals surface area contributed by atoms with Crippen molar-refractivity contribution in [1.29, 1.82) is 0 Å². The van der Waals surface area contributed by atoms with Crippen LogP contribution in [0.25, 0.3) is 0 Å². The van der Waals surface area contributed by atoms with Gasteiger partial charge in [0, 0.05) is 0 Å². The quantitative estimate of drug-likeness (QED) is 0.847. The van der Waals surface area contributed by atoms with Crippen molar-refractivity contribution in [3.8, 4) is 0 Å². The van der Waals surface area contributed by atoms with Crippen LogP contribution >= 0.6 is 15.9 Å². The van der Waals surface area contributed by atoms with E-state index in [0.29, 0.717) is 0 Å². The van der Waals surface area contributed by atoms with E-state index < -0.39 is 5.82 Å². The number of hydrogen-bond donors (Lipinski definition) is 1. The van der Waals surface area contributed by atoms with Crippen molar-refractivity contribution in [1.82, 2.24) is 0 Å². The molecule has 0 spiro atoms. The van der Waals surface area contributed by atoms with Gasteiger partial charge < -0.3 is 5.32 Å². The van der Waals surface area contributed by atoms with Crippen molar-refractivity contribution in [2.24, 2.45) is 5.92 Å². The Morgan fingerprint density at radius 3 is 2.62 bits per heavy atom. The number of aryl methyl sites for hydroxylation is 1. The fourth-order valence-corrected chi connectivity index (χ4v) is 1.35. The number of halogens is 2. The van der Waals surface area contributed by atoms with Crippen LogP contribution in [0.3, 0.4) is 0 Å². The summed E-state index contributed by atoms with van der Waals surface area (Å²) in [7, 11) is 0. The lowest BCUT2D eigenvalue weighted by Gasteiger charge is -2.14. The summed E-state index contributed by atoms with van der Waals surface area (Å²) in [5.74, 6) is -0.477. The number of amides is 1. The van der Waals surface area contributed by atoms with Crippen molar-refractivity contribution in [2.75, 3.05) is 5.32 Å². The first-order valence-corrected chi connectivity index (χ1v) is 6.04. The fourth-order valence-electron chi connectivity index (χ4n) is 1.24. The van der Waals surface area contributed by atoms with Crippen molar-refractivity contribution < 1.29 is 9.18 Å². The van der Waals surface area contributed by atoms with E-state index >= 15 is 0 Å². The fraction of sp³-hybridized carbons (Fsp3) is 0.417. The van der Waals surface area contributed by atoms with Gasteiger partial charge in [-0.15, -0.1) is 0 Å². The van der Waals surface area contributed by atoms with Crippen molar-refractivity contribution in [2.45, 2.75) is 25.6 Å². The Labute approximate surface area is 103 Å². The van der Waals surface area contributed by atoms with Crippen LogP contribution in [0.4, 0.5) is 10.1 Å². The standard InChI is InChI=1S/C12H15BrFNO/c1-7(2)11(13)12(16)15-10-6-8(3)4-5-9(10)14/h4-7,11H,1-3H3,(H,15,16). The maximum atomic E-state index is 13.4. The van der Waals surface area contributed by atoms with Gasteiger partial charge >= 0.3 is 0 Å². The highest BCUT2D eigenvalue weighted by Gasteiger charge is 2.19. The van der Waals surface area contributed by atoms with Gasteiger partial charge in [-0.3, -0.25) is 4.79 Å². The highest BCUT2D eigenvalue weighted by Crippen LogP contribution is 2.19. The monoisotopic (exact) mass is 287 g/mol. The summed E-state index contributed by atoms with van der Waals surface area (Å²) >= 11 is 3.27. The minimum Gasteiger partial charge on any atom is -0.323 e. The summed E-state index contributed by atoms with van der Waals surface area (Å²) in [6.07, 6.45) is 0. The van der Waals surface area contributed by atoms with Crippen molar-refractivity contribution in [3.05, 3.63) is 29.6 Å². The molecule has 0 aliphatic rings. The molecule has 0 aliphatic carbocycles. The SMILES string of the molecule is Cc1ccc(F)c(NC(=O)C(Br)C(C)C)c1. The number of benzene rings is 1. The third kappa shape index (κ3) is 3.30. The van der Waals surface area contributed by atoms with Gasteiger partial charge in [0.05, 0.1) is 10.5 Å². The van der Waals surface area contributed by atoms with E-state index in [2.05, 4.69) is 21.2 Å². The summed E-state index contributed by atoms with van der Waals surface area (Å²) < 4.78 is 13.4. The number of nitrogens with one attached hydrogen (secondary N) is 1. The molecule has 0 bridgehead atoms. The molecule has 1 amide bonds. The third-order valence-electron chi connectivity index (χ3n) is 2.22. The molecule has 0 fully saturated rings. The van der Waals surface area contributed by atoms with Gasteiger partial charge in [-0.05, 0) is 30.5 Å². The largest absolute Gasteiger partial charge is 0.323 e. The van der Waals surface area contributed by atoms with E-state index in [4.69, 9.17) is 0 Å². The molecule has 1 atom stereocenters. The maximum Gasteiger partial charge on any atom is 0.238 e. The van der Waals surface area contributed by atoms with Crippen LogP contribution in [0.5, 0.6) is 0 Å². The van der Waals surface area contributed by atoms with Crippen molar-refractivity contribution >= 4 is 27.5 Å². The van der Waals surface area contributed by atoms with E-state index in [0.717, 1.165) is 5.56 Å². The predicted molar refractivity (Wildman–Crippen MR) is 67.3 cm³/mol. The van der Waals surface area contributed by atoms with Crippen LogP contribution in [0.2, 0.25) is 0 Å². The zero-order valence-corrected chi connectivity index (χ0v) is 11.1. The first-order valence-electron chi connectivity index (χ1n) is 5.13. The maximum absolute atomic E-state index is 13.4. The smallest absolute Gasteiger partial charge is 0.238 e. The van der Waals surface area contributed by atoms with Crippen molar-refractivity contribution in [3.63, 3.8) is 0 Å². The molecule has 1 N–H and O–H groups in total. The molecular formula is C12H15BrFNO. The number of hydrogen-bond acceptors (Lipinski definition) is 1. The molecule has 2 nitrogen and oxygen atoms in total. The molecule has 0 radical (unpaired) electrons. The zero-order valence-electron chi connectivity index (χ0n) is 9.55. The minimum atomic E-state index is -0.414. The van der Waals surface area contributed by atoms with E-state index in [-0.39, 0.29) is 22.3 Å². The minimum absolute atomic E-state index is 0.160. The summed E-state index contributed by atoms with van der Waals surface area (Å²) in [4.78, 5) is 11.4. The van der Waals surface area contributed by atoms with Gasteiger partial charge in [0.2, 0.25) is 5.91 Å². The van der Waals surface area contributed by atoms with Crippen LogP contribution < -0.4 is 5.32 Å². The first-order chi connectivity index (χ1) is 7.41. The first kappa shape index (κ1) is 13.2. The Kier molecular flexibility index (Phi) is 4.47. The van der Waals surface area contributed by atoms with E-state index in [1.54, 1.807) is 12.1 Å². The molecule has 4 heteroatoms. The molecule has 0 heterocycles. The molecule has 1 aromatic carbocycles.